The first-order chi connectivity index (χ1) is 12.0. The number of aromatic nitrogens is 2. The van der Waals surface area contributed by atoms with Crippen LogP contribution in [0.5, 0.6) is 5.75 Å². The molecule has 1 fully saturated rings. The number of carbonyl (C=O) groups is 1. The molecule has 0 unspecified atom stereocenters. The Morgan fingerprint density at radius 1 is 1.36 bits per heavy atom. The van der Waals surface area contributed by atoms with E-state index in [2.05, 4.69) is 34.2 Å². The Bertz CT molecular complexity index is 711. The molecule has 7 nitrogen and oxygen atoms in total. The first-order valence-corrected chi connectivity index (χ1v) is 8.55. The van der Waals surface area contributed by atoms with E-state index in [1.165, 1.54) is 0 Å². The fraction of sp³-hybridized carbons (Fsp3) is 0.500. The van der Waals surface area contributed by atoms with Crippen molar-refractivity contribution in [3.05, 3.63) is 30.2 Å². The topological polar surface area (TPSA) is 80.5 Å². The second-order valence-electron chi connectivity index (χ2n) is 6.57. The summed E-state index contributed by atoms with van der Waals surface area (Å²) in [6.45, 7) is 5.59. The Morgan fingerprint density at radius 2 is 2.12 bits per heavy atom. The minimum atomic E-state index is 0.133. The summed E-state index contributed by atoms with van der Waals surface area (Å²) in [5.74, 6) is 2.06. The lowest BCUT2D eigenvalue weighted by molar-refractivity contribution is -0.119. The van der Waals surface area contributed by atoms with Crippen LogP contribution in [0.3, 0.4) is 0 Å². The lowest BCUT2D eigenvalue weighted by Gasteiger charge is -2.27. The van der Waals surface area contributed by atoms with E-state index < -0.39 is 0 Å². The van der Waals surface area contributed by atoms with Crippen molar-refractivity contribution in [3.8, 4) is 17.1 Å². The average Bonchev–Trinajstić information content (AvgIpc) is 3.23. The van der Waals surface area contributed by atoms with Crippen LogP contribution in [-0.4, -0.2) is 46.7 Å². The van der Waals surface area contributed by atoms with Crippen molar-refractivity contribution in [2.45, 2.75) is 45.3 Å². The summed E-state index contributed by atoms with van der Waals surface area (Å²) < 4.78 is 10.6. The molecule has 0 aliphatic carbocycles. The Kier molecular flexibility index (Phi) is 5.33. The van der Waals surface area contributed by atoms with E-state index in [0.717, 1.165) is 24.3 Å². The monoisotopic (exact) mass is 344 g/mol. The molecular formula is C18H24N4O3. The van der Waals surface area contributed by atoms with Gasteiger partial charge in [0, 0.05) is 30.6 Å². The molecule has 3 rings (SSSR count). The van der Waals surface area contributed by atoms with E-state index in [9.17, 15) is 4.79 Å². The molecule has 1 aliphatic rings. The van der Waals surface area contributed by atoms with Crippen LogP contribution < -0.4 is 10.1 Å². The van der Waals surface area contributed by atoms with Crippen LogP contribution in [0.2, 0.25) is 0 Å². The van der Waals surface area contributed by atoms with Gasteiger partial charge in [-0.15, -0.1) is 0 Å². The van der Waals surface area contributed by atoms with E-state index in [4.69, 9.17) is 9.26 Å². The van der Waals surface area contributed by atoms with Crippen molar-refractivity contribution >= 4 is 5.91 Å². The summed E-state index contributed by atoms with van der Waals surface area (Å²) in [5, 5.41) is 7.08. The van der Waals surface area contributed by atoms with Crippen molar-refractivity contribution in [1.82, 2.24) is 20.4 Å². The number of nitrogens with one attached hydrogen (secondary N) is 1. The van der Waals surface area contributed by atoms with Crippen LogP contribution in [0.1, 0.15) is 32.6 Å². The molecule has 2 heterocycles. The number of hydrogen-bond acceptors (Lipinski definition) is 6. The summed E-state index contributed by atoms with van der Waals surface area (Å²) in [5.41, 5.74) is 0.884. The maximum Gasteiger partial charge on any atom is 0.241 e. The first-order valence-electron chi connectivity index (χ1n) is 8.55. The van der Waals surface area contributed by atoms with Gasteiger partial charge in [0.15, 0.2) is 0 Å². The molecule has 7 heteroatoms. The molecule has 134 valence electrons. The van der Waals surface area contributed by atoms with Crippen molar-refractivity contribution in [1.29, 1.82) is 0 Å². The van der Waals surface area contributed by atoms with Crippen LogP contribution >= 0.6 is 0 Å². The molecular weight excluding hydrogens is 320 g/mol. The molecule has 25 heavy (non-hydrogen) atoms. The molecule has 1 N–H and O–H groups in total. The maximum absolute atomic E-state index is 11.4. The first kappa shape index (κ1) is 17.4. The highest BCUT2D eigenvalue weighted by Crippen LogP contribution is 2.20. The van der Waals surface area contributed by atoms with Crippen LogP contribution in [0.4, 0.5) is 0 Å². The molecule has 1 aromatic heterocycles. The predicted molar refractivity (Wildman–Crippen MR) is 93.0 cm³/mol. The van der Waals surface area contributed by atoms with Gasteiger partial charge in [-0.2, -0.15) is 4.98 Å². The van der Waals surface area contributed by atoms with Crippen LogP contribution in [0, 0.1) is 0 Å². The molecule has 1 atom stereocenters. The zero-order valence-electron chi connectivity index (χ0n) is 14.9. The van der Waals surface area contributed by atoms with Gasteiger partial charge in [-0.3, -0.25) is 9.69 Å². The molecule has 2 aromatic rings. The summed E-state index contributed by atoms with van der Waals surface area (Å²) >= 11 is 0. The molecule has 0 saturated carbocycles. The van der Waals surface area contributed by atoms with Gasteiger partial charge in [-0.05, 0) is 44.5 Å². The van der Waals surface area contributed by atoms with Crippen LogP contribution in [-0.2, 0) is 11.3 Å². The normalized spacial score (nSPS) is 17.3. The fourth-order valence-corrected chi connectivity index (χ4v) is 2.91. The zero-order chi connectivity index (χ0) is 17.8. The Labute approximate surface area is 147 Å². The molecule has 0 radical (unpaired) electrons. The summed E-state index contributed by atoms with van der Waals surface area (Å²) in [6, 6.07) is 8.06. The number of amides is 1. The molecule has 0 spiro atoms. The number of ether oxygens (including phenoxy) is 1. The highest BCUT2D eigenvalue weighted by atomic mass is 16.5. The minimum Gasteiger partial charge on any atom is -0.497 e. The number of carbonyl (C=O) groups excluding carboxylic acids is 1. The summed E-state index contributed by atoms with van der Waals surface area (Å²) in [7, 11) is 1.63. The molecule has 1 amide bonds. The number of rotatable bonds is 7. The van der Waals surface area contributed by atoms with Crippen molar-refractivity contribution in [3.63, 3.8) is 0 Å². The van der Waals surface area contributed by atoms with E-state index >= 15 is 0 Å². The van der Waals surface area contributed by atoms with Gasteiger partial charge in [0.1, 0.15) is 5.75 Å². The van der Waals surface area contributed by atoms with Gasteiger partial charge in [0.05, 0.1) is 13.7 Å². The van der Waals surface area contributed by atoms with Gasteiger partial charge < -0.3 is 14.6 Å². The molecule has 0 bridgehead atoms. The number of hydrogen-bond donors (Lipinski definition) is 1. The fourth-order valence-electron chi connectivity index (χ4n) is 2.91. The second-order valence-corrected chi connectivity index (χ2v) is 6.57. The standard InChI is InChI=1S/C18H24N4O3/c1-12(2)22(10-14-6-9-16(23)19-14)11-17-20-18(21-25-17)13-4-7-15(24-3)8-5-13/h4-5,7-8,12,14H,6,9-11H2,1-3H3,(H,19,23)/t14-/m1/s1. The summed E-state index contributed by atoms with van der Waals surface area (Å²) in [4.78, 5) is 18.1. The summed E-state index contributed by atoms with van der Waals surface area (Å²) in [6.07, 6.45) is 1.49. The lowest BCUT2D eigenvalue weighted by Crippen LogP contribution is -2.41. The molecule has 1 aromatic carbocycles. The Hall–Kier alpha value is -2.41. The van der Waals surface area contributed by atoms with Gasteiger partial charge in [-0.1, -0.05) is 5.16 Å². The number of nitrogens with zero attached hydrogens (tertiary/aromatic N) is 3. The minimum absolute atomic E-state index is 0.133. The van der Waals surface area contributed by atoms with Crippen LogP contribution in [0.25, 0.3) is 11.4 Å². The quantitative estimate of drug-likeness (QED) is 0.830. The lowest BCUT2D eigenvalue weighted by atomic mass is 10.2. The van der Waals surface area contributed by atoms with Gasteiger partial charge in [0.2, 0.25) is 17.6 Å². The third-order valence-electron chi connectivity index (χ3n) is 4.42. The smallest absolute Gasteiger partial charge is 0.241 e. The van der Waals surface area contributed by atoms with Crippen molar-refractivity contribution in [2.24, 2.45) is 0 Å². The largest absolute Gasteiger partial charge is 0.497 e. The van der Waals surface area contributed by atoms with Gasteiger partial charge in [0.25, 0.3) is 0 Å². The molecule has 1 saturated heterocycles. The number of methoxy groups -OCH3 is 1. The highest BCUT2D eigenvalue weighted by Gasteiger charge is 2.25. The van der Waals surface area contributed by atoms with Gasteiger partial charge in [-0.25, -0.2) is 0 Å². The third kappa shape index (κ3) is 4.36. The average molecular weight is 344 g/mol. The van der Waals surface area contributed by atoms with E-state index in [-0.39, 0.29) is 11.9 Å². The SMILES string of the molecule is COc1ccc(-c2noc(CN(C[C@H]3CCC(=O)N3)C(C)C)n2)cc1. The second kappa shape index (κ2) is 7.65. The Balaban J connectivity index is 1.66. The predicted octanol–water partition coefficient (Wildman–Crippen LogP) is 2.23. The van der Waals surface area contributed by atoms with Crippen molar-refractivity contribution in [2.75, 3.05) is 13.7 Å². The third-order valence-corrected chi connectivity index (χ3v) is 4.42. The van der Waals surface area contributed by atoms with E-state index in [1.54, 1.807) is 7.11 Å². The maximum atomic E-state index is 11.4. The molecule has 1 aliphatic heterocycles. The highest BCUT2D eigenvalue weighted by molar-refractivity contribution is 5.78. The van der Waals surface area contributed by atoms with Crippen molar-refractivity contribution < 1.29 is 14.1 Å². The Morgan fingerprint density at radius 3 is 2.72 bits per heavy atom. The van der Waals surface area contributed by atoms with E-state index in [1.807, 2.05) is 24.3 Å². The van der Waals surface area contributed by atoms with E-state index in [0.29, 0.717) is 30.7 Å². The number of benzene rings is 1. The van der Waals surface area contributed by atoms with Gasteiger partial charge >= 0.3 is 0 Å². The van der Waals surface area contributed by atoms with Crippen LogP contribution in [0.15, 0.2) is 28.8 Å². The zero-order valence-corrected chi connectivity index (χ0v) is 14.9.